The molecule has 6 heteroatoms. The quantitative estimate of drug-likeness (QED) is 0.662. The molecule has 0 aliphatic carbocycles. The Kier molecular flexibility index (Phi) is 8.14. The molecule has 2 N–H and O–H groups in total. The fourth-order valence-electron chi connectivity index (χ4n) is 3.60. The molecular formula is C23H29N3O2S. The fraction of sp³-hybridized carbons (Fsp3) is 0.391. The molecule has 5 nitrogen and oxygen atoms in total. The van der Waals surface area contributed by atoms with Gasteiger partial charge in [-0.15, -0.1) is 11.8 Å². The van der Waals surface area contributed by atoms with Crippen LogP contribution in [0.5, 0.6) is 0 Å². The van der Waals surface area contributed by atoms with Crippen molar-refractivity contribution in [2.24, 2.45) is 0 Å². The van der Waals surface area contributed by atoms with Gasteiger partial charge < -0.3 is 10.6 Å². The van der Waals surface area contributed by atoms with Gasteiger partial charge in [0.2, 0.25) is 11.8 Å². The number of hydrogen-bond donors (Lipinski definition) is 2. The number of carbonyl (C=O) groups is 2. The number of amides is 2. The van der Waals surface area contributed by atoms with E-state index in [1.807, 2.05) is 49.4 Å². The van der Waals surface area contributed by atoms with Gasteiger partial charge >= 0.3 is 0 Å². The molecule has 1 aliphatic heterocycles. The number of likely N-dealkylation sites (tertiary alicyclic amines) is 1. The van der Waals surface area contributed by atoms with Crippen molar-refractivity contribution in [3.05, 3.63) is 65.7 Å². The summed E-state index contributed by atoms with van der Waals surface area (Å²) in [5, 5.41) is 5.92. The number of thioether (sulfide) groups is 1. The molecule has 1 saturated heterocycles. The lowest BCUT2D eigenvalue weighted by Crippen LogP contribution is -2.37. The molecule has 29 heavy (non-hydrogen) atoms. The minimum Gasteiger partial charge on any atom is -0.353 e. The summed E-state index contributed by atoms with van der Waals surface area (Å²) in [4.78, 5) is 26.8. The van der Waals surface area contributed by atoms with Crippen LogP contribution in [0.25, 0.3) is 0 Å². The van der Waals surface area contributed by atoms with Crippen LogP contribution in [0.2, 0.25) is 0 Å². The van der Waals surface area contributed by atoms with Crippen molar-refractivity contribution in [3.63, 3.8) is 0 Å². The van der Waals surface area contributed by atoms with Crippen molar-refractivity contribution in [2.45, 2.75) is 25.8 Å². The number of benzene rings is 2. The van der Waals surface area contributed by atoms with E-state index in [0.29, 0.717) is 6.54 Å². The highest BCUT2D eigenvalue weighted by atomic mass is 32.2. The third-order valence-corrected chi connectivity index (χ3v) is 5.96. The zero-order chi connectivity index (χ0) is 20.5. The molecule has 0 aromatic heterocycles. The molecule has 1 unspecified atom stereocenters. The summed E-state index contributed by atoms with van der Waals surface area (Å²) in [6.07, 6.45) is 2.42. The molecule has 2 aromatic carbocycles. The highest BCUT2D eigenvalue weighted by Crippen LogP contribution is 2.24. The number of hydrogen-bond acceptors (Lipinski definition) is 4. The number of nitrogens with one attached hydrogen (secondary N) is 2. The maximum Gasteiger partial charge on any atom is 0.234 e. The first-order valence-electron chi connectivity index (χ1n) is 10.1. The first kappa shape index (κ1) is 21.4. The third-order valence-electron chi connectivity index (χ3n) is 5.03. The van der Waals surface area contributed by atoms with Crippen LogP contribution < -0.4 is 10.6 Å². The van der Waals surface area contributed by atoms with Crippen LogP contribution in [0, 0.1) is 6.92 Å². The average molecular weight is 412 g/mol. The van der Waals surface area contributed by atoms with E-state index in [1.165, 1.54) is 30.2 Å². The second kappa shape index (κ2) is 11.0. The van der Waals surface area contributed by atoms with Crippen LogP contribution in [0.4, 0.5) is 5.69 Å². The van der Waals surface area contributed by atoms with Crippen molar-refractivity contribution < 1.29 is 9.59 Å². The van der Waals surface area contributed by atoms with Crippen LogP contribution in [-0.4, -0.2) is 47.9 Å². The molecule has 1 fully saturated rings. The predicted octanol–water partition coefficient (Wildman–Crippen LogP) is 3.62. The summed E-state index contributed by atoms with van der Waals surface area (Å²) in [6, 6.07) is 18.3. The van der Waals surface area contributed by atoms with Gasteiger partial charge in [0.05, 0.1) is 17.5 Å². The number of anilines is 1. The van der Waals surface area contributed by atoms with Gasteiger partial charge in [0.15, 0.2) is 0 Å². The third kappa shape index (κ3) is 6.91. The van der Waals surface area contributed by atoms with E-state index in [2.05, 4.69) is 27.7 Å². The van der Waals surface area contributed by atoms with E-state index in [1.54, 1.807) is 0 Å². The summed E-state index contributed by atoms with van der Waals surface area (Å²) in [5.41, 5.74) is 3.12. The zero-order valence-electron chi connectivity index (χ0n) is 16.9. The molecule has 1 heterocycles. The lowest BCUT2D eigenvalue weighted by Gasteiger charge is -2.28. The van der Waals surface area contributed by atoms with Crippen LogP contribution in [0.15, 0.2) is 54.6 Å². The second-order valence-corrected chi connectivity index (χ2v) is 8.37. The molecule has 154 valence electrons. The number of rotatable bonds is 9. The second-order valence-electron chi connectivity index (χ2n) is 7.38. The SMILES string of the molecule is Cc1cccc(NC(=O)CSCC(=O)NCC(c2ccccc2)N2CCCC2)c1. The van der Waals surface area contributed by atoms with E-state index in [0.717, 1.165) is 24.3 Å². The minimum atomic E-state index is -0.0902. The Labute approximate surface area is 177 Å². The monoisotopic (exact) mass is 411 g/mol. The van der Waals surface area contributed by atoms with Crippen LogP contribution in [-0.2, 0) is 9.59 Å². The minimum absolute atomic E-state index is 0.0292. The molecule has 0 radical (unpaired) electrons. The normalized spacial score (nSPS) is 15.1. The van der Waals surface area contributed by atoms with Crippen LogP contribution >= 0.6 is 11.8 Å². The molecule has 0 bridgehead atoms. The number of aryl methyl sites for hydroxylation is 1. The van der Waals surface area contributed by atoms with E-state index in [-0.39, 0.29) is 29.4 Å². The molecule has 0 spiro atoms. The van der Waals surface area contributed by atoms with Crippen LogP contribution in [0.3, 0.4) is 0 Å². The summed E-state index contributed by atoms with van der Waals surface area (Å²) in [7, 11) is 0. The molecule has 1 atom stereocenters. The lowest BCUT2D eigenvalue weighted by molar-refractivity contribution is -0.118. The highest BCUT2D eigenvalue weighted by molar-refractivity contribution is 8.00. The lowest BCUT2D eigenvalue weighted by atomic mass is 10.1. The van der Waals surface area contributed by atoms with Gasteiger partial charge in [0.25, 0.3) is 0 Å². The summed E-state index contributed by atoms with van der Waals surface area (Å²) < 4.78 is 0. The van der Waals surface area contributed by atoms with Gasteiger partial charge in [0.1, 0.15) is 0 Å². The van der Waals surface area contributed by atoms with Crippen molar-refractivity contribution in [3.8, 4) is 0 Å². The van der Waals surface area contributed by atoms with Gasteiger partial charge in [-0.3, -0.25) is 14.5 Å². The molecule has 2 aromatic rings. The van der Waals surface area contributed by atoms with Crippen LogP contribution in [0.1, 0.15) is 30.0 Å². The van der Waals surface area contributed by atoms with Crippen molar-refractivity contribution in [1.29, 1.82) is 0 Å². The molecule has 3 rings (SSSR count). The summed E-state index contributed by atoms with van der Waals surface area (Å²) in [6.45, 7) is 4.73. The first-order valence-corrected chi connectivity index (χ1v) is 11.3. The fourth-order valence-corrected chi connectivity index (χ4v) is 4.25. The Morgan fingerprint density at radius 1 is 1.00 bits per heavy atom. The van der Waals surface area contributed by atoms with Gasteiger partial charge in [-0.1, -0.05) is 42.5 Å². The highest BCUT2D eigenvalue weighted by Gasteiger charge is 2.23. The Hall–Kier alpha value is -2.31. The Morgan fingerprint density at radius 3 is 2.45 bits per heavy atom. The summed E-state index contributed by atoms with van der Waals surface area (Å²) in [5.74, 6) is 0.421. The van der Waals surface area contributed by atoms with E-state index in [9.17, 15) is 9.59 Å². The average Bonchev–Trinajstić information content (AvgIpc) is 3.23. The Bertz CT molecular complexity index is 807. The van der Waals surface area contributed by atoms with Crippen molar-refractivity contribution in [2.75, 3.05) is 36.5 Å². The predicted molar refractivity (Wildman–Crippen MR) is 120 cm³/mol. The smallest absolute Gasteiger partial charge is 0.234 e. The number of carbonyl (C=O) groups excluding carboxylic acids is 2. The number of nitrogens with zero attached hydrogens (tertiary/aromatic N) is 1. The van der Waals surface area contributed by atoms with Crippen molar-refractivity contribution in [1.82, 2.24) is 10.2 Å². The molecular weight excluding hydrogens is 382 g/mol. The van der Waals surface area contributed by atoms with Crippen molar-refractivity contribution >= 4 is 29.3 Å². The molecule has 2 amide bonds. The Balaban J connectivity index is 1.41. The standard InChI is InChI=1S/C23H29N3O2S/c1-18-8-7-11-20(14-18)25-23(28)17-29-16-22(27)24-15-21(26-12-5-6-13-26)19-9-3-2-4-10-19/h2-4,7-11,14,21H,5-6,12-13,15-17H2,1H3,(H,24,27)(H,25,28). The first-order chi connectivity index (χ1) is 14.1. The van der Waals surface area contributed by atoms with E-state index < -0.39 is 0 Å². The zero-order valence-corrected chi connectivity index (χ0v) is 17.7. The maximum absolute atomic E-state index is 12.3. The van der Waals surface area contributed by atoms with Gasteiger partial charge in [0, 0.05) is 12.2 Å². The Morgan fingerprint density at radius 2 is 1.72 bits per heavy atom. The molecule has 1 aliphatic rings. The van der Waals surface area contributed by atoms with Gasteiger partial charge in [-0.05, 0) is 56.1 Å². The largest absolute Gasteiger partial charge is 0.353 e. The van der Waals surface area contributed by atoms with Gasteiger partial charge in [-0.25, -0.2) is 0 Å². The van der Waals surface area contributed by atoms with E-state index >= 15 is 0 Å². The van der Waals surface area contributed by atoms with Gasteiger partial charge in [-0.2, -0.15) is 0 Å². The summed E-state index contributed by atoms with van der Waals surface area (Å²) >= 11 is 1.33. The maximum atomic E-state index is 12.3. The molecule has 0 saturated carbocycles. The topological polar surface area (TPSA) is 61.4 Å². The van der Waals surface area contributed by atoms with E-state index in [4.69, 9.17) is 0 Å².